The number of hydrogen-bond donors (Lipinski definition) is 2. The highest BCUT2D eigenvalue weighted by atomic mass is 16.4. The number of rotatable bonds is 6. The summed E-state index contributed by atoms with van der Waals surface area (Å²) in [6.07, 6.45) is 4.55. The van der Waals surface area contributed by atoms with Crippen LogP contribution in [0.1, 0.15) is 40.0 Å². The van der Waals surface area contributed by atoms with Crippen molar-refractivity contribution in [3.63, 3.8) is 0 Å². The van der Waals surface area contributed by atoms with Gasteiger partial charge in [0.05, 0.1) is 0 Å². The highest BCUT2D eigenvalue weighted by Crippen LogP contribution is 2.35. The van der Waals surface area contributed by atoms with E-state index in [-0.39, 0.29) is 11.8 Å². The van der Waals surface area contributed by atoms with Gasteiger partial charge in [-0.2, -0.15) is 0 Å². The summed E-state index contributed by atoms with van der Waals surface area (Å²) in [5, 5.41) is 11.6. The number of hydrogen-bond acceptors (Lipinski definition) is 2. The molecule has 4 heteroatoms. The van der Waals surface area contributed by atoms with E-state index < -0.39 is 12.0 Å². The Bertz CT molecular complexity index is 332. The second-order valence-electron chi connectivity index (χ2n) is 4.87. The predicted octanol–water partition coefficient (Wildman–Crippen LogP) is 1.96. The molecule has 96 valence electrons. The number of carboxylic acids is 1. The maximum Gasteiger partial charge on any atom is 0.326 e. The molecule has 0 aromatic heterocycles. The molecule has 1 fully saturated rings. The van der Waals surface area contributed by atoms with E-state index in [9.17, 15) is 9.59 Å². The van der Waals surface area contributed by atoms with E-state index in [1.165, 1.54) is 6.08 Å². The summed E-state index contributed by atoms with van der Waals surface area (Å²) >= 11 is 0. The van der Waals surface area contributed by atoms with Gasteiger partial charge < -0.3 is 10.4 Å². The zero-order valence-electron chi connectivity index (χ0n) is 10.7. The Morgan fingerprint density at radius 2 is 2.06 bits per heavy atom. The average Bonchev–Trinajstić information content (AvgIpc) is 3.08. The molecule has 0 aliphatic heterocycles. The Morgan fingerprint density at radius 1 is 1.47 bits per heavy atom. The van der Waals surface area contributed by atoms with Gasteiger partial charge in [-0.15, -0.1) is 0 Å². The van der Waals surface area contributed by atoms with E-state index in [2.05, 4.69) is 5.32 Å². The lowest BCUT2D eigenvalue weighted by molar-refractivity contribution is -0.142. The topological polar surface area (TPSA) is 66.4 Å². The number of carbonyl (C=O) groups excluding carboxylic acids is 1. The number of allylic oxidation sites excluding steroid dienone is 1. The quantitative estimate of drug-likeness (QED) is 0.696. The lowest BCUT2D eigenvalue weighted by atomic mass is 9.99. The van der Waals surface area contributed by atoms with Crippen molar-refractivity contribution >= 4 is 11.9 Å². The minimum Gasteiger partial charge on any atom is -0.480 e. The summed E-state index contributed by atoms with van der Waals surface area (Å²) in [6.45, 7) is 5.67. The molecule has 0 aromatic rings. The maximum absolute atomic E-state index is 11.7. The molecule has 2 atom stereocenters. The van der Waals surface area contributed by atoms with Crippen LogP contribution in [0.25, 0.3) is 0 Å². The standard InChI is InChI=1S/C13H21NO3/c1-4-8(2)12(13(16)17)14-11(15)7-9(3)10-5-6-10/h7-8,10,12H,4-6H2,1-3H3,(H,14,15)(H,16,17)/b9-7-. The lowest BCUT2D eigenvalue weighted by Crippen LogP contribution is -2.44. The molecule has 2 N–H and O–H groups in total. The van der Waals surface area contributed by atoms with Gasteiger partial charge in [-0.25, -0.2) is 4.79 Å². The van der Waals surface area contributed by atoms with E-state index in [4.69, 9.17) is 5.11 Å². The molecular formula is C13H21NO3. The van der Waals surface area contributed by atoms with E-state index >= 15 is 0 Å². The molecule has 0 radical (unpaired) electrons. The number of carbonyl (C=O) groups is 2. The summed E-state index contributed by atoms with van der Waals surface area (Å²) in [5.74, 6) is -0.786. The van der Waals surface area contributed by atoms with Crippen LogP contribution >= 0.6 is 0 Å². The number of amides is 1. The van der Waals surface area contributed by atoms with Gasteiger partial charge in [0, 0.05) is 6.08 Å². The van der Waals surface area contributed by atoms with Crippen LogP contribution in [0.15, 0.2) is 11.6 Å². The first-order chi connectivity index (χ1) is 7.95. The third kappa shape index (κ3) is 4.21. The first-order valence-electron chi connectivity index (χ1n) is 6.17. The summed E-state index contributed by atoms with van der Waals surface area (Å²) in [5.41, 5.74) is 1.05. The Balaban J connectivity index is 2.57. The molecule has 1 rings (SSSR count). The molecule has 0 aromatic carbocycles. The first kappa shape index (κ1) is 13.7. The second-order valence-corrected chi connectivity index (χ2v) is 4.87. The Hall–Kier alpha value is -1.32. The first-order valence-corrected chi connectivity index (χ1v) is 6.17. The fourth-order valence-electron chi connectivity index (χ4n) is 1.74. The van der Waals surface area contributed by atoms with Crippen molar-refractivity contribution in [1.82, 2.24) is 5.32 Å². The van der Waals surface area contributed by atoms with Crippen molar-refractivity contribution in [2.24, 2.45) is 11.8 Å². The van der Waals surface area contributed by atoms with Gasteiger partial charge in [0.2, 0.25) is 5.91 Å². The van der Waals surface area contributed by atoms with E-state index in [1.54, 1.807) is 0 Å². The van der Waals surface area contributed by atoms with Crippen LogP contribution < -0.4 is 5.32 Å². The van der Waals surface area contributed by atoms with Gasteiger partial charge in [-0.05, 0) is 31.6 Å². The molecule has 0 bridgehead atoms. The Kier molecular flexibility index (Phi) is 4.73. The van der Waals surface area contributed by atoms with Crippen LogP contribution in [0, 0.1) is 11.8 Å². The molecule has 1 amide bonds. The molecule has 17 heavy (non-hydrogen) atoms. The van der Waals surface area contributed by atoms with Crippen molar-refractivity contribution in [2.45, 2.75) is 46.1 Å². The van der Waals surface area contributed by atoms with Gasteiger partial charge in [-0.1, -0.05) is 25.8 Å². The summed E-state index contributed by atoms with van der Waals surface area (Å²) in [6, 6.07) is -0.796. The van der Waals surface area contributed by atoms with Crippen LogP contribution in [0.3, 0.4) is 0 Å². The van der Waals surface area contributed by atoms with E-state index in [0.29, 0.717) is 5.92 Å². The Morgan fingerprint density at radius 3 is 2.47 bits per heavy atom. The van der Waals surface area contributed by atoms with E-state index in [0.717, 1.165) is 24.8 Å². The second kappa shape index (κ2) is 5.84. The smallest absolute Gasteiger partial charge is 0.326 e. The molecule has 0 heterocycles. The largest absolute Gasteiger partial charge is 0.480 e. The summed E-state index contributed by atoms with van der Waals surface area (Å²) < 4.78 is 0. The zero-order chi connectivity index (χ0) is 13.0. The molecule has 0 saturated heterocycles. The predicted molar refractivity (Wildman–Crippen MR) is 65.5 cm³/mol. The van der Waals surface area contributed by atoms with Gasteiger partial charge >= 0.3 is 5.97 Å². The minimum absolute atomic E-state index is 0.0638. The summed E-state index contributed by atoms with van der Waals surface area (Å²) in [4.78, 5) is 22.7. The molecule has 1 aliphatic carbocycles. The third-order valence-corrected chi connectivity index (χ3v) is 3.36. The molecule has 1 aliphatic rings. The molecular weight excluding hydrogens is 218 g/mol. The SMILES string of the molecule is CCC(C)C(NC(=O)/C=C(/C)C1CC1)C(=O)O. The highest BCUT2D eigenvalue weighted by molar-refractivity contribution is 5.91. The van der Waals surface area contributed by atoms with Crippen molar-refractivity contribution in [1.29, 1.82) is 0 Å². The number of carboxylic acid groups (broad SMARTS) is 1. The molecule has 1 saturated carbocycles. The van der Waals surface area contributed by atoms with Gasteiger partial charge in [0.1, 0.15) is 6.04 Å². The molecule has 4 nitrogen and oxygen atoms in total. The maximum atomic E-state index is 11.7. The normalized spacial score (nSPS) is 19.6. The molecule has 2 unspecified atom stereocenters. The lowest BCUT2D eigenvalue weighted by Gasteiger charge is -2.19. The van der Waals surface area contributed by atoms with Gasteiger partial charge in [0.25, 0.3) is 0 Å². The fourth-order valence-corrected chi connectivity index (χ4v) is 1.74. The van der Waals surface area contributed by atoms with Crippen LogP contribution in [0.4, 0.5) is 0 Å². The molecule has 0 spiro atoms. The fraction of sp³-hybridized carbons (Fsp3) is 0.692. The van der Waals surface area contributed by atoms with Gasteiger partial charge in [0.15, 0.2) is 0 Å². The number of nitrogens with one attached hydrogen (secondary N) is 1. The minimum atomic E-state index is -0.967. The van der Waals surface area contributed by atoms with Crippen LogP contribution in [0.2, 0.25) is 0 Å². The Labute approximate surface area is 102 Å². The highest BCUT2D eigenvalue weighted by Gasteiger charge is 2.26. The van der Waals surface area contributed by atoms with Crippen LogP contribution in [-0.2, 0) is 9.59 Å². The average molecular weight is 239 g/mol. The third-order valence-electron chi connectivity index (χ3n) is 3.36. The van der Waals surface area contributed by atoms with E-state index in [1.807, 2.05) is 20.8 Å². The van der Waals surface area contributed by atoms with Crippen molar-refractivity contribution < 1.29 is 14.7 Å². The van der Waals surface area contributed by atoms with Crippen LogP contribution in [0.5, 0.6) is 0 Å². The summed E-state index contributed by atoms with van der Waals surface area (Å²) in [7, 11) is 0. The van der Waals surface area contributed by atoms with Gasteiger partial charge in [-0.3, -0.25) is 4.79 Å². The van der Waals surface area contributed by atoms with Crippen molar-refractivity contribution in [3.8, 4) is 0 Å². The van der Waals surface area contributed by atoms with Crippen LogP contribution in [-0.4, -0.2) is 23.0 Å². The number of aliphatic carboxylic acids is 1. The zero-order valence-corrected chi connectivity index (χ0v) is 10.7. The monoisotopic (exact) mass is 239 g/mol. The van der Waals surface area contributed by atoms with Crippen molar-refractivity contribution in [2.75, 3.05) is 0 Å². The van der Waals surface area contributed by atoms with Crippen molar-refractivity contribution in [3.05, 3.63) is 11.6 Å².